The highest BCUT2D eigenvalue weighted by atomic mass is 32.1. The van der Waals surface area contributed by atoms with Crippen LogP contribution in [0.1, 0.15) is 5.56 Å². The first-order valence-corrected chi connectivity index (χ1v) is 5.77. The molecule has 0 aliphatic heterocycles. The van der Waals surface area contributed by atoms with Crippen LogP contribution in [0.15, 0.2) is 29.5 Å². The Balaban J connectivity index is 1.86. The van der Waals surface area contributed by atoms with Crippen LogP contribution in [-0.2, 0) is 6.54 Å². The third kappa shape index (κ3) is 1.63. The topological polar surface area (TPSA) is 66.5 Å². The van der Waals surface area contributed by atoms with E-state index in [1.807, 2.05) is 0 Å². The van der Waals surface area contributed by atoms with Crippen LogP contribution in [0.4, 0.5) is 5.82 Å². The second-order valence-electron chi connectivity index (χ2n) is 3.31. The minimum atomic E-state index is 0.752. The van der Waals surface area contributed by atoms with Gasteiger partial charge in [0, 0.05) is 6.54 Å². The summed E-state index contributed by atoms with van der Waals surface area (Å²) in [5, 5.41) is 7.41. The molecule has 0 saturated carbocycles. The summed E-state index contributed by atoms with van der Waals surface area (Å²) in [5.41, 5.74) is 2.77. The van der Waals surface area contributed by atoms with Crippen LogP contribution in [-0.4, -0.2) is 19.9 Å². The predicted octanol–water partition coefficient (Wildman–Crippen LogP) is 2.03. The van der Waals surface area contributed by atoms with Crippen LogP contribution >= 0.6 is 11.3 Å². The van der Waals surface area contributed by atoms with Crippen LogP contribution in [0.25, 0.3) is 11.2 Å². The second-order valence-corrected chi connectivity index (χ2v) is 4.09. The maximum Gasteiger partial charge on any atom is 0.162 e. The third-order valence-corrected chi connectivity index (χ3v) is 2.99. The number of nitrogens with zero attached hydrogens (tertiary/aromatic N) is 3. The van der Waals surface area contributed by atoms with Gasteiger partial charge in [-0.05, 0) is 22.4 Å². The van der Waals surface area contributed by atoms with Crippen molar-refractivity contribution in [2.45, 2.75) is 6.54 Å². The molecule has 3 rings (SSSR count). The van der Waals surface area contributed by atoms with Gasteiger partial charge in [0.1, 0.15) is 11.8 Å². The molecule has 3 aromatic rings. The number of aromatic amines is 1. The first-order chi connectivity index (χ1) is 7.93. The molecule has 80 valence electrons. The Kier molecular flexibility index (Phi) is 2.26. The van der Waals surface area contributed by atoms with Crippen LogP contribution in [0.2, 0.25) is 0 Å². The van der Waals surface area contributed by atoms with Gasteiger partial charge in [-0.3, -0.25) is 0 Å². The summed E-state index contributed by atoms with van der Waals surface area (Å²) in [6, 6.07) is 2.08. The van der Waals surface area contributed by atoms with Gasteiger partial charge >= 0.3 is 0 Å². The quantitative estimate of drug-likeness (QED) is 0.723. The maximum absolute atomic E-state index is 4.18. The van der Waals surface area contributed by atoms with E-state index >= 15 is 0 Å². The largest absolute Gasteiger partial charge is 0.364 e. The number of rotatable bonds is 3. The van der Waals surface area contributed by atoms with E-state index in [-0.39, 0.29) is 0 Å². The Labute approximate surface area is 95.6 Å². The number of aromatic nitrogens is 4. The van der Waals surface area contributed by atoms with Crippen molar-refractivity contribution < 1.29 is 0 Å². The van der Waals surface area contributed by atoms with Gasteiger partial charge < -0.3 is 10.3 Å². The van der Waals surface area contributed by atoms with Gasteiger partial charge in [-0.25, -0.2) is 15.0 Å². The van der Waals surface area contributed by atoms with E-state index in [4.69, 9.17) is 0 Å². The molecule has 0 bridgehead atoms. The lowest BCUT2D eigenvalue weighted by Gasteiger charge is -2.03. The minimum Gasteiger partial charge on any atom is -0.364 e. The molecule has 0 unspecified atom stereocenters. The lowest BCUT2D eigenvalue weighted by Crippen LogP contribution is -2.01. The van der Waals surface area contributed by atoms with E-state index < -0.39 is 0 Å². The lowest BCUT2D eigenvalue weighted by atomic mass is 10.3. The zero-order chi connectivity index (χ0) is 10.8. The number of H-pyrrole nitrogens is 1. The van der Waals surface area contributed by atoms with E-state index in [0.29, 0.717) is 0 Å². The van der Waals surface area contributed by atoms with E-state index in [2.05, 4.69) is 42.1 Å². The Bertz CT molecular complexity index is 586. The van der Waals surface area contributed by atoms with E-state index in [1.165, 1.54) is 11.9 Å². The highest BCUT2D eigenvalue weighted by Crippen LogP contribution is 2.16. The van der Waals surface area contributed by atoms with Gasteiger partial charge in [-0.15, -0.1) is 0 Å². The van der Waals surface area contributed by atoms with Crippen molar-refractivity contribution in [2.75, 3.05) is 5.32 Å². The number of fused-ring (bicyclic) bond motifs is 1. The molecule has 0 saturated heterocycles. The molecule has 3 aromatic heterocycles. The van der Waals surface area contributed by atoms with E-state index in [0.717, 1.165) is 23.5 Å². The van der Waals surface area contributed by atoms with Gasteiger partial charge in [0.05, 0.1) is 6.33 Å². The molecule has 0 aromatic carbocycles. The Morgan fingerprint density at radius 1 is 1.31 bits per heavy atom. The second kappa shape index (κ2) is 3.90. The molecule has 0 spiro atoms. The molecular weight excluding hydrogens is 222 g/mol. The molecule has 0 fully saturated rings. The summed E-state index contributed by atoms with van der Waals surface area (Å²) < 4.78 is 0. The molecule has 0 atom stereocenters. The number of imidazole rings is 1. The van der Waals surface area contributed by atoms with Gasteiger partial charge in [-0.2, -0.15) is 11.3 Å². The van der Waals surface area contributed by atoms with Crippen molar-refractivity contribution in [1.82, 2.24) is 19.9 Å². The summed E-state index contributed by atoms with van der Waals surface area (Å²) in [6.07, 6.45) is 3.14. The van der Waals surface area contributed by atoms with Gasteiger partial charge in [0.2, 0.25) is 0 Å². The lowest BCUT2D eigenvalue weighted by molar-refractivity contribution is 1.10. The van der Waals surface area contributed by atoms with Crippen molar-refractivity contribution >= 4 is 28.3 Å². The molecule has 0 aliphatic rings. The van der Waals surface area contributed by atoms with Crippen LogP contribution in [0, 0.1) is 0 Å². The smallest absolute Gasteiger partial charge is 0.162 e. The van der Waals surface area contributed by atoms with E-state index in [1.54, 1.807) is 17.7 Å². The van der Waals surface area contributed by atoms with Crippen LogP contribution in [0.3, 0.4) is 0 Å². The fourth-order valence-corrected chi connectivity index (χ4v) is 2.14. The molecule has 0 amide bonds. The number of anilines is 1. The molecule has 2 N–H and O–H groups in total. The van der Waals surface area contributed by atoms with Crippen molar-refractivity contribution in [3.05, 3.63) is 35.0 Å². The fourth-order valence-electron chi connectivity index (χ4n) is 1.47. The van der Waals surface area contributed by atoms with Crippen LogP contribution < -0.4 is 5.32 Å². The molecule has 5 nitrogen and oxygen atoms in total. The SMILES string of the molecule is c1nc(NCc2ccsc2)c2nc[nH]c2n1. The average molecular weight is 231 g/mol. The highest BCUT2D eigenvalue weighted by molar-refractivity contribution is 7.07. The average Bonchev–Trinajstić information content (AvgIpc) is 2.97. The number of hydrogen-bond acceptors (Lipinski definition) is 5. The van der Waals surface area contributed by atoms with Gasteiger partial charge in [-0.1, -0.05) is 0 Å². The molecule has 0 radical (unpaired) electrons. The molecule has 16 heavy (non-hydrogen) atoms. The monoisotopic (exact) mass is 231 g/mol. The van der Waals surface area contributed by atoms with Crippen molar-refractivity contribution in [3.8, 4) is 0 Å². The number of hydrogen-bond donors (Lipinski definition) is 2. The summed E-state index contributed by atoms with van der Waals surface area (Å²) in [4.78, 5) is 15.4. The number of thiophene rings is 1. The Morgan fingerprint density at radius 2 is 2.31 bits per heavy atom. The van der Waals surface area contributed by atoms with E-state index in [9.17, 15) is 0 Å². The molecular formula is C10H9N5S. The molecule has 3 heterocycles. The molecule has 6 heteroatoms. The summed E-state index contributed by atoms with van der Waals surface area (Å²) in [7, 11) is 0. The summed E-state index contributed by atoms with van der Waals surface area (Å²) >= 11 is 1.69. The highest BCUT2D eigenvalue weighted by Gasteiger charge is 2.05. The van der Waals surface area contributed by atoms with Crippen molar-refractivity contribution in [3.63, 3.8) is 0 Å². The van der Waals surface area contributed by atoms with Crippen molar-refractivity contribution in [1.29, 1.82) is 0 Å². The van der Waals surface area contributed by atoms with Gasteiger partial charge in [0.25, 0.3) is 0 Å². The number of nitrogens with one attached hydrogen (secondary N) is 2. The van der Waals surface area contributed by atoms with Crippen LogP contribution in [0.5, 0.6) is 0 Å². The fraction of sp³-hybridized carbons (Fsp3) is 0.100. The summed E-state index contributed by atoms with van der Waals surface area (Å²) in [5.74, 6) is 0.762. The first kappa shape index (κ1) is 9.29. The minimum absolute atomic E-state index is 0.752. The zero-order valence-corrected chi connectivity index (χ0v) is 9.16. The molecule has 0 aliphatic carbocycles. The maximum atomic E-state index is 4.18. The normalized spacial score (nSPS) is 10.8. The van der Waals surface area contributed by atoms with Gasteiger partial charge in [0.15, 0.2) is 11.5 Å². The Morgan fingerprint density at radius 3 is 3.19 bits per heavy atom. The summed E-state index contributed by atoms with van der Waals surface area (Å²) in [6.45, 7) is 0.752. The van der Waals surface area contributed by atoms with Crippen molar-refractivity contribution in [2.24, 2.45) is 0 Å². The Hall–Kier alpha value is -1.95. The zero-order valence-electron chi connectivity index (χ0n) is 8.34. The third-order valence-electron chi connectivity index (χ3n) is 2.26. The first-order valence-electron chi connectivity index (χ1n) is 4.82. The standard InChI is InChI=1S/C10H9N5S/c1-2-16-4-7(1)3-11-9-8-10(13-5-12-8)15-6-14-9/h1-2,4-6H,3H2,(H2,11,12,13,14,15). The predicted molar refractivity (Wildman–Crippen MR) is 63.3 cm³/mol.